The summed E-state index contributed by atoms with van der Waals surface area (Å²) in [5.74, 6) is 0. The highest BCUT2D eigenvalue weighted by Gasteiger charge is 2.30. The van der Waals surface area contributed by atoms with E-state index in [1.807, 2.05) is 24.3 Å². The van der Waals surface area contributed by atoms with Crippen LogP contribution in [0.1, 0.15) is 5.56 Å². The Hall–Kier alpha value is -3.14. The third-order valence-corrected chi connectivity index (χ3v) is 4.90. The predicted molar refractivity (Wildman–Crippen MR) is 98.4 cm³/mol. The van der Waals surface area contributed by atoms with Crippen molar-refractivity contribution in [3.63, 3.8) is 0 Å². The first kappa shape index (κ1) is 15.1. The largest absolute Gasteiger partial charge is 0.417 e. The second kappa shape index (κ2) is 5.18. The minimum Gasteiger partial charge on any atom is -0.256 e. The first-order valence-electron chi connectivity index (χ1n) is 8.22. The number of alkyl halides is 3. The number of nitrogens with zero attached hydrogens (tertiary/aromatic N) is 1. The summed E-state index contributed by atoms with van der Waals surface area (Å²) in [6, 6.07) is 20.9. The van der Waals surface area contributed by atoms with Gasteiger partial charge < -0.3 is 0 Å². The van der Waals surface area contributed by atoms with E-state index >= 15 is 0 Å². The summed E-state index contributed by atoms with van der Waals surface area (Å²) < 4.78 is 38.4. The average Bonchev–Trinajstić information content (AvgIpc) is 2.65. The molecule has 5 rings (SSSR count). The van der Waals surface area contributed by atoms with Gasteiger partial charge in [0.1, 0.15) is 0 Å². The molecule has 0 bridgehead atoms. The molecule has 5 aromatic rings. The highest BCUT2D eigenvalue weighted by atomic mass is 19.4. The second-order valence-electron chi connectivity index (χ2n) is 6.40. The molecule has 0 saturated carbocycles. The van der Waals surface area contributed by atoms with Crippen molar-refractivity contribution in [2.24, 2.45) is 0 Å². The summed E-state index contributed by atoms with van der Waals surface area (Å²) in [7, 11) is 0. The maximum Gasteiger partial charge on any atom is 0.417 e. The summed E-state index contributed by atoms with van der Waals surface area (Å²) in [6.45, 7) is 0. The zero-order valence-corrected chi connectivity index (χ0v) is 13.5. The molecule has 0 aliphatic heterocycles. The molecule has 0 aliphatic carbocycles. The van der Waals surface area contributed by atoms with Crippen molar-refractivity contribution in [1.29, 1.82) is 0 Å². The van der Waals surface area contributed by atoms with Crippen molar-refractivity contribution in [3.05, 3.63) is 78.5 Å². The van der Waals surface area contributed by atoms with Gasteiger partial charge in [-0.25, -0.2) is 0 Å². The highest BCUT2D eigenvalue weighted by Crippen LogP contribution is 2.39. The Labute approximate surface area is 147 Å². The number of hydrogen-bond donors (Lipinski definition) is 0. The van der Waals surface area contributed by atoms with Crippen molar-refractivity contribution in [2.75, 3.05) is 0 Å². The Morgan fingerprint density at radius 3 is 1.96 bits per heavy atom. The van der Waals surface area contributed by atoms with Gasteiger partial charge in [0.05, 0.1) is 11.3 Å². The third kappa shape index (κ3) is 2.15. The number of hydrogen-bond acceptors (Lipinski definition) is 1. The van der Waals surface area contributed by atoms with Gasteiger partial charge in [0.2, 0.25) is 0 Å². The first-order chi connectivity index (χ1) is 12.5. The van der Waals surface area contributed by atoms with E-state index < -0.39 is 11.7 Å². The zero-order chi connectivity index (χ0) is 17.9. The molecule has 0 fully saturated rings. The Morgan fingerprint density at radius 2 is 1.31 bits per heavy atom. The minimum atomic E-state index is -4.38. The highest BCUT2D eigenvalue weighted by molar-refractivity contribution is 6.25. The molecule has 0 radical (unpaired) electrons. The van der Waals surface area contributed by atoms with Crippen molar-refractivity contribution < 1.29 is 13.2 Å². The number of pyridine rings is 1. The second-order valence-corrected chi connectivity index (χ2v) is 6.40. The molecule has 0 saturated heterocycles. The number of benzene rings is 4. The molecule has 1 aromatic heterocycles. The molecule has 0 spiro atoms. The van der Waals surface area contributed by atoms with Gasteiger partial charge in [-0.15, -0.1) is 0 Å². The van der Waals surface area contributed by atoms with Gasteiger partial charge in [-0.05, 0) is 44.5 Å². The lowest BCUT2D eigenvalue weighted by atomic mass is 9.91. The SMILES string of the molecule is FC(F)(F)c1ccc(-c2ccc3ccc4cccc5ccc2c3c45)nc1. The molecule has 0 aliphatic rings. The van der Waals surface area contributed by atoms with E-state index in [2.05, 4.69) is 35.3 Å². The van der Waals surface area contributed by atoms with Crippen LogP contribution in [-0.2, 0) is 6.18 Å². The maximum atomic E-state index is 12.8. The van der Waals surface area contributed by atoms with E-state index in [-0.39, 0.29) is 0 Å². The standard InChI is InChI=1S/C22H12F3N/c23-22(24,25)16-8-11-19(26-12-16)17-9-6-15-5-4-13-2-1-3-14-7-10-18(17)21(15)20(13)14/h1-12H. The lowest BCUT2D eigenvalue weighted by Crippen LogP contribution is -2.05. The summed E-state index contributed by atoms with van der Waals surface area (Å²) in [6.07, 6.45) is -3.48. The Kier molecular flexibility index (Phi) is 3.02. The predicted octanol–water partition coefficient (Wildman–Crippen LogP) is 6.66. The smallest absolute Gasteiger partial charge is 0.256 e. The van der Waals surface area contributed by atoms with Crippen LogP contribution in [0.4, 0.5) is 13.2 Å². The molecule has 0 unspecified atom stereocenters. The molecule has 4 aromatic carbocycles. The van der Waals surface area contributed by atoms with Crippen LogP contribution in [0.2, 0.25) is 0 Å². The molecule has 0 amide bonds. The zero-order valence-electron chi connectivity index (χ0n) is 13.5. The lowest BCUT2D eigenvalue weighted by molar-refractivity contribution is -0.137. The van der Waals surface area contributed by atoms with Gasteiger partial charge in [-0.3, -0.25) is 4.98 Å². The minimum absolute atomic E-state index is 0.538. The van der Waals surface area contributed by atoms with Crippen LogP contribution in [-0.4, -0.2) is 4.98 Å². The van der Waals surface area contributed by atoms with Crippen LogP contribution >= 0.6 is 0 Å². The summed E-state index contributed by atoms with van der Waals surface area (Å²) in [4.78, 5) is 4.08. The van der Waals surface area contributed by atoms with Crippen LogP contribution in [0.3, 0.4) is 0 Å². The third-order valence-electron chi connectivity index (χ3n) is 4.90. The van der Waals surface area contributed by atoms with E-state index in [1.54, 1.807) is 0 Å². The topological polar surface area (TPSA) is 12.9 Å². The number of aromatic nitrogens is 1. The van der Waals surface area contributed by atoms with Crippen LogP contribution in [0.25, 0.3) is 43.6 Å². The molecule has 126 valence electrons. The van der Waals surface area contributed by atoms with Crippen molar-refractivity contribution >= 4 is 32.3 Å². The van der Waals surface area contributed by atoms with Crippen LogP contribution in [0, 0.1) is 0 Å². The molecule has 0 N–H and O–H groups in total. The summed E-state index contributed by atoms with van der Waals surface area (Å²) >= 11 is 0. The molecule has 0 atom stereocenters. The summed E-state index contributed by atoms with van der Waals surface area (Å²) in [5.41, 5.74) is 0.638. The molecular weight excluding hydrogens is 335 g/mol. The summed E-state index contributed by atoms with van der Waals surface area (Å²) in [5, 5.41) is 6.71. The van der Waals surface area contributed by atoms with E-state index in [4.69, 9.17) is 0 Å². The molecule has 1 heterocycles. The van der Waals surface area contributed by atoms with Gasteiger partial charge in [-0.1, -0.05) is 54.6 Å². The fourth-order valence-electron chi connectivity index (χ4n) is 3.68. The van der Waals surface area contributed by atoms with Gasteiger partial charge in [0, 0.05) is 11.8 Å². The van der Waals surface area contributed by atoms with Crippen LogP contribution in [0.5, 0.6) is 0 Å². The molecule has 26 heavy (non-hydrogen) atoms. The van der Waals surface area contributed by atoms with Crippen LogP contribution in [0.15, 0.2) is 72.9 Å². The van der Waals surface area contributed by atoms with Crippen molar-refractivity contribution in [3.8, 4) is 11.3 Å². The van der Waals surface area contributed by atoms with E-state index in [1.165, 1.54) is 11.5 Å². The molecule has 4 heteroatoms. The average molecular weight is 347 g/mol. The van der Waals surface area contributed by atoms with E-state index in [0.717, 1.165) is 44.8 Å². The van der Waals surface area contributed by atoms with Gasteiger partial charge in [-0.2, -0.15) is 13.2 Å². The van der Waals surface area contributed by atoms with E-state index in [0.29, 0.717) is 5.69 Å². The fraction of sp³-hybridized carbons (Fsp3) is 0.0455. The fourth-order valence-corrected chi connectivity index (χ4v) is 3.68. The number of rotatable bonds is 1. The first-order valence-corrected chi connectivity index (χ1v) is 8.22. The lowest BCUT2D eigenvalue weighted by Gasteiger charge is -2.14. The van der Waals surface area contributed by atoms with Gasteiger partial charge in [0.15, 0.2) is 0 Å². The van der Waals surface area contributed by atoms with Crippen molar-refractivity contribution in [1.82, 2.24) is 4.98 Å². The Balaban J connectivity index is 1.81. The molecule has 1 nitrogen and oxygen atoms in total. The Bertz CT molecular complexity index is 1240. The Morgan fingerprint density at radius 1 is 0.654 bits per heavy atom. The van der Waals surface area contributed by atoms with Gasteiger partial charge in [0.25, 0.3) is 0 Å². The quantitative estimate of drug-likeness (QED) is 0.309. The molecular formula is C22H12F3N. The maximum absolute atomic E-state index is 12.8. The van der Waals surface area contributed by atoms with E-state index in [9.17, 15) is 13.2 Å². The normalized spacial score (nSPS) is 12.4. The monoisotopic (exact) mass is 347 g/mol. The number of halogens is 3. The van der Waals surface area contributed by atoms with Crippen LogP contribution < -0.4 is 0 Å². The van der Waals surface area contributed by atoms with Gasteiger partial charge >= 0.3 is 6.18 Å². The van der Waals surface area contributed by atoms with Crippen molar-refractivity contribution in [2.45, 2.75) is 6.18 Å².